The van der Waals surface area contributed by atoms with Gasteiger partial charge in [-0.1, -0.05) is 29.8 Å². The zero-order chi connectivity index (χ0) is 21.9. The first-order valence-electron chi connectivity index (χ1n) is 11.3. The van der Waals surface area contributed by atoms with E-state index in [0.717, 1.165) is 49.5 Å². The molecular weight excluding hydrogens is 400 g/mol. The quantitative estimate of drug-likeness (QED) is 0.655. The summed E-state index contributed by atoms with van der Waals surface area (Å²) < 4.78 is 6.22. The number of piperidine rings is 1. The Hall–Kier alpha value is -3.38. The van der Waals surface area contributed by atoms with Gasteiger partial charge in [-0.05, 0) is 54.7 Å². The van der Waals surface area contributed by atoms with E-state index in [0.29, 0.717) is 18.7 Å². The highest BCUT2D eigenvalue weighted by molar-refractivity contribution is 5.96. The van der Waals surface area contributed by atoms with E-state index in [1.165, 1.54) is 22.3 Å². The molecule has 0 radical (unpaired) electrons. The minimum Gasteiger partial charge on any atom is -0.488 e. The van der Waals surface area contributed by atoms with Crippen LogP contribution in [0.1, 0.15) is 52.5 Å². The second kappa shape index (κ2) is 9.01. The maximum absolute atomic E-state index is 12.4. The third kappa shape index (κ3) is 4.06. The molecule has 0 aliphatic carbocycles. The van der Waals surface area contributed by atoms with Gasteiger partial charge in [-0.25, -0.2) is 4.98 Å². The first-order chi connectivity index (χ1) is 15.7. The normalized spacial score (nSPS) is 16.0. The van der Waals surface area contributed by atoms with Gasteiger partial charge in [-0.15, -0.1) is 0 Å². The second-order valence-corrected chi connectivity index (χ2v) is 8.35. The number of rotatable bonds is 4. The topological polar surface area (TPSA) is 70.2 Å². The Bertz CT molecular complexity index is 1140. The number of hydrogen-bond acceptors (Lipinski definition) is 4. The van der Waals surface area contributed by atoms with Crippen LogP contribution in [0, 0.1) is 0 Å². The van der Waals surface area contributed by atoms with Gasteiger partial charge >= 0.3 is 0 Å². The number of aromatic amines is 1. The maximum Gasteiger partial charge on any atom is 0.251 e. The predicted molar refractivity (Wildman–Crippen MR) is 124 cm³/mol. The van der Waals surface area contributed by atoms with Crippen molar-refractivity contribution in [3.05, 3.63) is 88.5 Å². The number of H-pyrrole nitrogens is 1. The summed E-state index contributed by atoms with van der Waals surface area (Å²) in [5.74, 6) is 0.717. The molecule has 164 valence electrons. The molecule has 32 heavy (non-hydrogen) atoms. The summed E-state index contributed by atoms with van der Waals surface area (Å²) in [7, 11) is 0. The van der Waals surface area contributed by atoms with E-state index in [4.69, 9.17) is 4.74 Å². The van der Waals surface area contributed by atoms with Crippen LogP contribution in [0.3, 0.4) is 0 Å². The van der Waals surface area contributed by atoms with Crippen LogP contribution in [0.15, 0.2) is 60.6 Å². The van der Waals surface area contributed by atoms with E-state index in [-0.39, 0.29) is 5.91 Å². The number of amides is 1. The summed E-state index contributed by atoms with van der Waals surface area (Å²) in [6, 6.07) is 14.4. The second-order valence-electron chi connectivity index (χ2n) is 8.35. The summed E-state index contributed by atoms with van der Waals surface area (Å²) in [6.07, 6.45) is 5.65. The van der Waals surface area contributed by atoms with Crippen LogP contribution >= 0.6 is 0 Å². The van der Waals surface area contributed by atoms with Crippen LogP contribution < -0.4 is 10.1 Å². The van der Waals surface area contributed by atoms with Crippen LogP contribution in [-0.4, -0.2) is 40.4 Å². The molecule has 3 aromatic rings. The molecular formula is C26H28N4O2. The van der Waals surface area contributed by atoms with Gasteiger partial charge in [0.05, 0.1) is 6.33 Å². The number of fused-ring (bicyclic) bond motifs is 2. The minimum absolute atomic E-state index is 0.0676. The van der Waals surface area contributed by atoms with E-state index in [9.17, 15) is 4.79 Å². The zero-order valence-electron chi connectivity index (χ0n) is 18.4. The average molecular weight is 429 g/mol. The van der Waals surface area contributed by atoms with Crippen molar-refractivity contribution in [1.82, 2.24) is 20.2 Å². The fourth-order valence-electron chi connectivity index (χ4n) is 4.67. The molecule has 1 amide bonds. The number of ether oxygens (including phenoxy) is 1. The van der Waals surface area contributed by atoms with E-state index < -0.39 is 0 Å². The number of aromatic nitrogens is 2. The molecule has 2 aliphatic rings. The van der Waals surface area contributed by atoms with Gasteiger partial charge in [0.25, 0.3) is 5.91 Å². The Balaban J connectivity index is 1.50. The monoisotopic (exact) mass is 428 g/mol. The SMILES string of the molecule is CCNC(=O)c1ccc2c(c1)OCc1ccccc1C2=C1CCN(Cc2cnc[nH]2)CC1. The Morgan fingerprint density at radius 1 is 1.16 bits per heavy atom. The number of imidazole rings is 1. The lowest BCUT2D eigenvalue weighted by Gasteiger charge is -2.30. The van der Waals surface area contributed by atoms with Crippen LogP contribution in [-0.2, 0) is 13.2 Å². The van der Waals surface area contributed by atoms with E-state index >= 15 is 0 Å². The zero-order valence-corrected chi connectivity index (χ0v) is 18.4. The molecule has 0 spiro atoms. The lowest BCUT2D eigenvalue weighted by molar-refractivity contribution is 0.0955. The first-order valence-corrected chi connectivity index (χ1v) is 11.3. The lowest BCUT2D eigenvalue weighted by atomic mass is 9.86. The van der Waals surface area contributed by atoms with Gasteiger partial charge in [-0.3, -0.25) is 9.69 Å². The number of nitrogens with one attached hydrogen (secondary N) is 2. The summed E-state index contributed by atoms with van der Waals surface area (Å²) >= 11 is 0. The van der Waals surface area contributed by atoms with E-state index in [2.05, 4.69) is 50.5 Å². The molecule has 0 saturated carbocycles. The summed E-state index contributed by atoms with van der Waals surface area (Å²) in [5, 5.41) is 2.88. The van der Waals surface area contributed by atoms with Crippen molar-refractivity contribution in [2.24, 2.45) is 0 Å². The largest absolute Gasteiger partial charge is 0.488 e. The van der Waals surface area contributed by atoms with Gasteiger partial charge in [0, 0.05) is 49.2 Å². The highest BCUT2D eigenvalue weighted by Gasteiger charge is 2.25. The summed E-state index contributed by atoms with van der Waals surface area (Å²) in [6.45, 7) is 5.95. The van der Waals surface area contributed by atoms with Crippen molar-refractivity contribution < 1.29 is 9.53 Å². The number of nitrogens with zero attached hydrogens (tertiary/aromatic N) is 2. The van der Waals surface area contributed by atoms with Crippen molar-refractivity contribution >= 4 is 11.5 Å². The third-order valence-electron chi connectivity index (χ3n) is 6.28. The van der Waals surface area contributed by atoms with Crippen LogP contribution in [0.4, 0.5) is 0 Å². The fraction of sp³-hybridized carbons (Fsp3) is 0.308. The molecule has 2 aromatic carbocycles. The van der Waals surface area contributed by atoms with Crippen molar-refractivity contribution in [2.75, 3.05) is 19.6 Å². The Morgan fingerprint density at radius 2 is 2.00 bits per heavy atom. The van der Waals surface area contributed by atoms with Gasteiger partial charge in [0.1, 0.15) is 12.4 Å². The average Bonchev–Trinajstić information content (AvgIpc) is 3.27. The molecule has 2 aliphatic heterocycles. The maximum atomic E-state index is 12.4. The van der Waals surface area contributed by atoms with Gasteiger partial charge in [0.2, 0.25) is 0 Å². The molecule has 2 N–H and O–H groups in total. The molecule has 0 bridgehead atoms. The molecule has 1 saturated heterocycles. The van der Waals surface area contributed by atoms with Crippen molar-refractivity contribution in [3.63, 3.8) is 0 Å². The van der Waals surface area contributed by atoms with Gasteiger partial charge in [0.15, 0.2) is 0 Å². The number of likely N-dealkylation sites (tertiary alicyclic amines) is 1. The van der Waals surface area contributed by atoms with Crippen LogP contribution in [0.5, 0.6) is 5.75 Å². The highest BCUT2D eigenvalue weighted by atomic mass is 16.5. The van der Waals surface area contributed by atoms with Crippen molar-refractivity contribution in [2.45, 2.75) is 32.9 Å². The number of benzene rings is 2. The van der Waals surface area contributed by atoms with Crippen molar-refractivity contribution in [3.8, 4) is 5.75 Å². The Morgan fingerprint density at radius 3 is 2.78 bits per heavy atom. The smallest absolute Gasteiger partial charge is 0.251 e. The Labute approximate surface area is 188 Å². The van der Waals surface area contributed by atoms with Crippen molar-refractivity contribution in [1.29, 1.82) is 0 Å². The molecule has 6 heteroatoms. The van der Waals surface area contributed by atoms with Gasteiger partial charge in [-0.2, -0.15) is 0 Å². The molecule has 1 aromatic heterocycles. The molecule has 0 atom stereocenters. The van der Waals surface area contributed by atoms with E-state index in [1.54, 1.807) is 6.33 Å². The molecule has 1 fully saturated rings. The standard InChI is InChI=1S/C26H28N4O2/c1-2-28-26(31)19-7-8-23-24(13-19)32-16-20-5-3-4-6-22(20)25(23)18-9-11-30(12-10-18)15-21-14-27-17-29-21/h3-8,13-14,17H,2,9-12,15-16H2,1H3,(H,27,29)(H,28,31). The highest BCUT2D eigenvalue weighted by Crippen LogP contribution is 2.41. The minimum atomic E-state index is -0.0676. The first kappa shape index (κ1) is 20.5. The lowest BCUT2D eigenvalue weighted by Crippen LogP contribution is -2.30. The Kier molecular flexibility index (Phi) is 5.77. The number of carbonyl (C=O) groups excluding carboxylic acids is 1. The predicted octanol–water partition coefficient (Wildman–Crippen LogP) is 4.15. The van der Waals surface area contributed by atoms with E-state index in [1.807, 2.05) is 25.3 Å². The van der Waals surface area contributed by atoms with Gasteiger partial charge < -0.3 is 15.0 Å². The molecule has 0 unspecified atom stereocenters. The number of carbonyl (C=O) groups is 1. The summed E-state index contributed by atoms with van der Waals surface area (Å²) in [4.78, 5) is 22.2. The molecule has 5 rings (SSSR count). The van der Waals surface area contributed by atoms with Crippen LogP contribution in [0.25, 0.3) is 5.57 Å². The fourth-order valence-corrected chi connectivity index (χ4v) is 4.67. The third-order valence-corrected chi connectivity index (χ3v) is 6.28. The molecule has 3 heterocycles. The van der Waals surface area contributed by atoms with Crippen LogP contribution in [0.2, 0.25) is 0 Å². The summed E-state index contributed by atoms with van der Waals surface area (Å²) in [5.41, 5.74) is 8.03. The number of hydrogen-bond donors (Lipinski definition) is 2. The molecule has 6 nitrogen and oxygen atoms in total.